The molecular formula is C17H33NO. The highest BCUT2D eigenvalue weighted by Crippen LogP contribution is 2.30. The Bertz CT molecular complexity index is 246. The summed E-state index contributed by atoms with van der Waals surface area (Å²) >= 11 is 0. The molecule has 2 unspecified atom stereocenters. The van der Waals surface area contributed by atoms with Gasteiger partial charge in [0.15, 0.2) is 0 Å². The Morgan fingerprint density at radius 3 is 2.53 bits per heavy atom. The molecule has 2 nitrogen and oxygen atoms in total. The van der Waals surface area contributed by atoms with E-state index in [1.165, 1.54) is 51.5 Å². The molecule has 0 aromatic rings. The van der Waals surface area contributed by atoms with E-state index in [1.807, 2.05) is 0 Å². The van der Waals surface area contributed by atoms with Gasteiger partial charge in [-0.05, 0) is 43.6 Å². The first kappa shape index (κ1) is 15.3. The molecule has 1 heterocycles. The third-order valence-electron chi connectivity index (χ3n) is 5.18. The van der Waals surface area contributed by atoms with Crippen LogP contribution in [0.25, 0.3) is 0 Å². The lowest BCUT2D eigenvalue weighted by molar-refractivity contribution is -0.0244. The van der Waals surface area contributed by atoms with Crippen LogP contribution in [0, 0.1) is 17.8 Å². The van der Waals surface area contributed by atoms with Gasteiger partial charge in [-0.3, -0.25) is 0 Å². The Hall–Kier alpha value is -0.0800. The molecule has 1 aliphatic heterocycles. The highest BCUT2D eigenvalue weighted by molar-refractivity contribution is 4.79. The average Bonchev–Trinajstić information content (AvgIpc) is 2.41. The van der Waals surface area contributed by atoms with Gasteiger partial charge in [0, 0.05) is 12.6 Å². The Morgan fingerprint density at radius 2 is 1.84 bits per heavy atom. The number of rotatable bonds is 5. The summed E-state index contributed by atoms with van der Waals surface area (Å²) in [5.74, 6) is 2.63. The van der Waals surface area contributed by atoms with Crippen LogP contribution >= 0.6 is 0 Å². The van der Waals surface area contributed by atoms with Gasteiger partial charge >= 0.3 is 0 Å². The van der Waals surface area contributed by atoms with Crippen LogP contribution in [0.3, 0.4) is 0 Å². The Labute approximate surface area is 119 Å². The lowest BCUT2D eigenvalue weighted by Crippen LogP contribution is -2.41. The summed E-state index contributed by atoms with van der Waals surface area (Å²) in [6, 6.07) is 0.698. The van der Waals surface area contributed by atoms with Gasteiger partial charge in [-0.1, -0.05) is 46.5 Å². The maximum absolute atomic E-state index is 5.84. The van der Waals surface area contributed by atoms with Crippen molar-refractivity contribution in [3.63, 3.8) is 0 Å². The van der Waals surface area contributed by atoms with E-state index in [1.54, 1.807) is 0 Å². The first-order valence-corrected chi connectivity index (χ1v) is 8.50. The van der Waals surface area contributed by atoms with Gasteiger partial charge in [0.25, 0.3) is 0 Å². The minimum absolute atomic E-state index is 0.474. The van der Waals surface area contributed by atoms with Crippen molar-refractivity contribution in [3.05, 3.63) is 0 Å². The van der Waals surface area contributed by atoms with Crippen LogP contribution in [-0.2, 0) is 4.74 Å². The van der Waals surface area contributed by atoms with E-state index in [9.17, 15) is 0 Å². The predicted octanol–water partition coefficient (Wildman–Crippen LogP) is 4.00. The molecule has 19 heavy (non-hydrogen) atoms. The van der Waals surface area contributed by atoms with Crippen LogP contribution in [0.15, 0.2) is 0 Å². The Kier molecular flexibility index (Phi) is 6.15. The summed E-state index contributed by atoms with van der Waals surface area (Å²) in [4.78, 5) is 0. The molecule has 0 bridgehead atoms. The van der Waals surface area contributed by atoms with E-state index in [0.717, 1.165) is 18.4 Å². The number of hydrogen-bond donors (Lipinski definition) is 1. The molecular weight excluding hydrogens is 234 g/mol. The van der Waals surface area contributed by atoms with Gasteiger partial charge < -0.3 is 10.1 Å². The van der Waals surface area contributed by atoms with Gasteiger partial charge in [0.1, 0.15) is 0 Å². The number of ether oxygens (including phenoxy) is 1. The minimum atomic E-state index is 0.474. The third-order valence-corrected chi connectivity index (χ3v) is 5.18. The quantitative estimate of drug-likeness (QED) is 0.813. The Morgan fingerprint density at radius 1 is 1.11 bits per heavy atom. The maximum atomic E-state index is 5.84. The second-order valence-corrected chi connectivity index (χ2v) is 7.24. The van der Waals surface area contributed by atoms with E-state index in [-0.39, 0.29) is 0 Å². The fraction of sp³-hybridized carbons (Fsp3) is 1.00. The lowest BCUT2D eigenvalue weighted by atomic mass is 9.81. The highest BCUT2D eigenvalue weighted by atomic mass is 16.5. The number of nitrogens with one attached hydrogen (secondary N) is 1. The van der Waals surface area contributed by atoms with Crippen molar-refractivity contribution in [2.24, 2.45) is 17.8 Å². The maximum Gasteiger partial charge on any atom is 0.0612 e. The first-order valence-electron chi connectivity index (χ1n) is 8.50. The molecule has 112 valence electrons. The molecule has 2 atom stereocenters. The second kappa shape index (κ2) is 7.64. The molecule has 0 aromatic heterocycles. The minimum Gasteiger partial charge on any atom is -0.378 e. The molecule has 1 saturated heterocycles. The summed E-state index contributed by atoms with van der Waals surface area (Å²) in [6.07, 6.45) is 10.1. The summed E-state index contributed by atoms with van der Waals surface area (Å²) < 4.78 is 5.84. The standard InChI is InChI=1S/C17H33NO/c1-13(2)17-12-16(9-11-19-17)18-10-8-15-6-4-14(3)5-7-15/h13-18H,4-12H2,1-3H3. The highest BCUT2D eigenvalue weighted by Gasteiger charge is 2.25. The van der Waals surface area contributed by atoms with Crippen molar-refractivity contribution in [1.29, 1.82) is 0 Å². The molecule has 2 rings (SSSR count). The Balaban J connectivity index is 1.60. The normalized spacial score (nSPS) is 36.6. The zero-order chi connectivity index (χ0) is 13.7. The summed E-state index contributed by atoms with van der Waals surface area (Å²) in [6.45, 7) is 9.12. The topological polar surface area (TPSA) is 21.3 Å². The van der Waals surface area contributed by atoms with Crippen molar-refractivity contribution >= 4 is 0 Å². The van der Waals surface area contributed by atoms with Crippen molar-refractivity contribution in [2.45, 2.75) is 77.9 Å². The molecule has 0 radical (unpaired) electrons. The fourth-order valence-electron chi connectivity index (χ4n) is 3.59. The SMILES string of the molecule is CC1CCC(CCNC2CCOC(C(C)C)C2)CC1. The van der Waals surface area contributed by atoms with E-state index < -0.39 is 0 Å². The first-order chi connectivity index (χ1) is 9.15. The summed E-state index contributed by atoms with van der Waals surface area (Å²) in [5.41, 5.74) is 0. The van der Waals surface area contributed by atoms with Gasteiger partial charge in [0.05, 0.1) is 6.10 Å². The van der Waals surface area contributed by atoms with Crippen molar-refractivity contribution < 1.29 is 4.74 Å². The van der Waals surface area contributed by atoms with E-state index in [0.29, 0.717) is 18.1 Å². The van der Waals surface area contributed by atoms with Gasteiger partial charge in [-0.2, -0.15) is 0 Å². The zero-order valence-corrected chi connectivity index (χ0v) is 13.2. The predicted molar refractivity (Wildman–Crippen MR) is 81.3 cm³/mol. The molecule has 1 N–H and O–H groups in total. The van der Waals surface area contributed by atoms with Crippen molar-refractivity contribution in [1.82, 2.24) is 5.32 Å². The smallest absolute Gasteiger partial charge is 0.0612 e. The largest absolute Gasteiger partial charge is 0.378 e. The van der Waals surface area contributed by atoms with Gasteiger partial charge in [0.2, 0.25) is 0 Å². The van der Waals surface area contributed by atoms with Crippen LogP contribution in [0.5, 0.6) is 0 Å². The van der Waals surface area contributed by atoms with Crippen LogP contribution < -0.4 is 5.32 Å². The number of hydrogen-bond acceptors (Lipinski definition) is 2. The molecule has 1 saturated carbocycles. The second-order valence-electron chi connectivity index (χ2n) is 7.24. The van der Waals surface area contributed by atoms with E-state index >= 15 is 0 Å². The van der Waals surface area contributed by atoms with Crippen LogP contribution in [0.2, 0.25) is 0 Å². The molecule has 0 amide bonds. The summed E-state index contributed by atoms with van der Waals surface area (Å²) in [7, 11) is 0. The van der Waals surface area contributed by atoms with Gasteiger partial charge in [-0.15, -0.1) is 0 Å². The molecule has 1 aliphatic carbocycles. The monoisotopic (exact) mass is 267 g/mol. The molecule has 2 heteroatoms. The average molecular weight is 267 g/mol. The zero-order valence-electron chi connectivity index (χ0n) is 13.2. The van der Waals surface area contributed by atoms with Gasteiger partial charge in [-0.25, -0.2) is 0 Å². The van der Waals surface area contributed by atoms with Crippen molar-refractivity contribution in [3.8, 4) is 0 Å². The van der Waals surface area contributed by atoms with Crippen molar-refractivity contribution in [2.75, 3.05) is 13.2 Å². The molecule has 0 aromatic carbocycles. The summed E-state index contributed by atoms with van der Waals surface area (Å²) in [5, 5.41) is 3.78. The van der Waals surface area contributed by atoms with Crippen LogP contribution in [-0.4, -0.2) is 25.3 Å². The molecule has 2 aliphatic rings. The van der Waals surface area contributed by atoms with E-state index in [4.69, 9.17) is 4.74 Å². The van der Waals surface area contributed by atoms with Crippen LogP contribution in [0.1, 0.15) is 65.7 Å². The fourth-order valence-corrected chi connectivity index (χ4v) is 3.59. The van der Waals surface area contributed by atoms with Crippen LogP contribution in [0.4, 0.5) is 0 Å². The van der Waals surface area contributed by atoms with E-state index in [2.05, 4.69) is 26.1 Å². The molecule has 2 fully saturated rings. The third kappa shape index (κ3) is 5.07. The molecule has 0 spiro atoms. The lowest BCUT2D eigenvalue weighted by Gasteiger charge is -2.33.